The van der Waals surface area contributed by atoms with Gasteiger partial charge in [0.25, 0.3) is 0 Å². The fourth-order valence-corrected chi connectivity index (χ4v) is 3.40. The molecule has 11 nitrogen and oxygen atoms in total. The molecule has 1 unspecified atom stereocenters. The molecule has 1 amide bonds. The van der Waals surface area contributed by atoms with Gasteiger partial charge in [-0.1, -0.05) is 6.07 Å². The summed E-state index contributed by atoms with van der Waals surface area (Å²) >= 11 is 0. The number of nitriles is 1. The van der Waals surface area contributed by atoms with Crippen molar-refractivity contribution in [1.82, 2.24) is 0 Å². The van der Waals surface area contributed by atoms with Crippen LogP contribution in [-0.4, -0.2) is 61.3 Å². The molecule has 1 atom stereocenters. The molecule has 2 aromatic carbocycles. The molecule has 0 fully saturated rings. The number of ketones is 1. The molecule has 0 bridgehead atoms. The summed E-state index contributed by atoms with van der Waals surface area (Å²) in [5, 5.41) is 22.2. The smallest absolute Gasteiger partial charge is 0.396 e. The Kier molecular flexibility index (Phi) is 10.9. The monoisotopic (exact) mass is 566 g/mol. The normalized spacial score (nSPS) is 11.5. The van der Waals surface area contributed by atoms with Crippen molar-refractivity contribution in [1.29, 1.82) is 5.26 Å². The van der Waals surface area contributed by atoms with E-state index in [1.807, 2.05) is 6.07 Å². The summed E-state index contributed by atoms with van der Waals surface area (Å²) in [6, 6.07) is 8.34. The lowest BCUT2D eigenvalue weighted by molar-refractivity contribution is -0.150. The fraction of sp³-hybridized carbons (Fsp3) is 0.346. The molecule has 2 rings (SSSR count). The van der Waals surface area contributed by atoms with Crippen LogP contribution in [0.5, 0.6) is 17.2 Å². The number of carbonyl (C=O) groups is 4. The van der Waals surface area contributed by atoms with Crippen LogP contribution in [0.25, 0.3) is 0 Å². The molecule has 40 heavy (non-hydrogen) atoms. The van der Waals surface area contributed by atoms with E-state index in [0.29, 0.717) is 0 Å². The first-order valence-electron chi connectivity index (χ1n) is 11.5. The second kappa shape index (κ2) is 13.8. The zero-order chi connectivity index (χ0) is 30.0. The van der Waals surface area contributed by atoms with Gasteiger partial charge in [-0.3, -0.25) is 14.4 Å². The maximum absolute atomic E-state index is 12.9. The number of amides is 1. The molecule has 0 radical (unpaired) electrons. The zero-order valence-corrected chi connectivity index (χ0v) is 21.6. The Morgan fingerprint density at radius 1 is 1.05 bits per heavy atom. The van der Waals surface area contributed by atoms with Gasteiger partial charge in [-0.25, -0.2) is 4.79 Å². The minimum absolute atomic E-state index is 0.0587. The van der Waals surface area contributed by atoms with Crippen molar-refractivity contribution in [3.63, 3.8) is 0 Å². The van der Waals surface area contributed by atoms with Gasteiger partial charge in [0.15, 0.2) is 11.9 Å². The van der Waals surface area contributed by atoms with E-state index < -0.39 is 67.7 Å². The first kappa shape index (κ1) is 31.4. The predicted octanol–water partition coefficient (Wildman–Crippen LogP) is 3.46. The first-order valence-corrected chi connectivity index (χ1v) is 11.5. The third kappa shape index (κ3) is 8.90. The number of nitrogens with one attached hydrogen (secondary N) is 1. The summed E-state index contributed by atoms with van der Waals surface area (Å²) in [7, 11) is 1.00. The van der Waals surface area contributed by atoms with Crippen molar-refractivity contribution < 1.29 is 56.4 Å². The van der Waals surface area contributed by atoms with Gasteiger partial charge < -0.3 is 29.4 Å². The Hall–Kier alpha value is -4.80. The number of phenolic OH excluding ortho intramolecular Hbond substituents is 1. The third-order valence-electron chi connectivity index (χ3n) is 5.22. The lowest BCUT2D eigenvalue weighted by atomic mass is 10.0. The second-order valence-corrected chi connectivity index (χ2v) is 8.20. The number of phenols is 1. The van der Waals surface area contributed by atoms with Crippen molar-refractivity contribution in [2.75, 3.05) is 25.6 Å². The van der Waals surface area contributed by atoms with Crippen LogP contribution in [0.4, 0.5) is 18.9 Å². The van der Waals surface area contributed by atoms with Gasteiger partial charge in [-0.05, 0) is 37.6 Å². The number of anilines is 1. The van der Waals surface area contributed by atoms with E-state index in [9.17, 15) is 42.7 Å². The number of halogens is 3. The highest BCUT2D eigenvalue weighted by molar-refractivity contribution is 6.37. The topological polar surface area (TPSA) is 161 Å². The Morgan fingerprint density at radius 3 is 2.25 bits per heavy atom. The van der Waals surface area contributed by atoms with Crippen LogP contribution < -0.4 is 14.8 Å². The number of Topliss-reactive ketones (excluding diaryl/α,β-unsaturated/α-hetero) is 1. The number of carbonyl (C=O) groups excluding carboxylic acids is 4. The number of methoxy groups -OCH3 is 1. The van der Waals surface area contributed by atoms with Crippen LogP contribution in [0.15, 0.2) is 30.3 Å². The van der Waals surface area contributed by atoms with Gasteiger partial charge in [0.1, 0.15) is 42.1 Å². The standard InChI is InChI=1S/C26H25F3N2O9/c1-14(32)17-7-8-22(18(23(17)34)9-10-26(27,28)29)39-13-16(40-15(2)33)12-38-21-6-4-5-20(19(21)11-30)31-24(35)25(36)37-3/h4-8,16,34H,9-10,12-13H2,1-3H3,(H,31,35). The van der Waals surface area contributed by atoms with E-state index in [0.717, 1.165) is 21.0 Å². The number of benzene rings is 2. The van der Waals surface area contributed by atoms with Crippen molar-refractivity contribution in [3.8, 4) is 23.3 Å². The maximum atomic E-state index is 12.9. The number of aromatic hydroxyl groups is 1. The Bertz CT molecular complexity index is 1320. The molecule has 2 aromatic rings. The largest absolute Gasteiger partial charge is 0.507 e. The number of hydrogen-bond acceptors (Lipinski definition) is 10. The van der Waals surface area contributed by atoms with Gasteiger partial charge >= 0.3 is 24.0 Å². The van der Waals surface area contributed by atoms with Gasteiger partial charge in [0, 0.05) is 18.9 Å². The van der Waals surface area contributed by atoms with Gasteiger partial charge in [0.05, 0.1) is 18.4 Å². The lowest BCUT2D eigenvalue weighted by Crippen LogP contribution is -2.31. The Balaban J connectivity index is 2.25. The summed E-state index contributed by atoms with van der Waals surface area (Å²) in [4.78, 5) is 46.6. The zero-order valence-electron chi connectivity index (χ0n) is 21.6. The molecular weight excluding hydrogens is 541 g/mol. The molecular formula is C26H25F3N2O9. The van der Waals surface area contributed by atoms with Crippen LogP contribution in [0.3, 0.4) is 0 Å². The molecule has 14 heteroatoms. The van der Waals surface area contributed by atoms with Crippen LogP contribution >= 0.6 is 0 Å². The van der Waals surface area contributed by atoms with Crippen molar-refractivity contribution in [2.24, 2.45) is 0 Å². The lowest BCUT2D eigenvalue weighted by Gasteiger charge is -2.21. The minimum Gasteiger partial charge on any atom is -0.507 e. The highest BCUT2D eigenvalue weighted by atomic mass is 19.4. The van der Waals surface area contributed by atoms with Gasteiger partial charge in [0.2, 0.25) is 0 Å². The number of esters is 2. The maximum Gasteiger partial charge on any atom is 0.396 e. The van der Waals surface area contributed by atoms with Crippen LogP contribution in [0.2, 0.25) is 0 Å². The van der Waals surface area contributed by atoms with E-state index >= 15 is 0 Å². The number of nitrogens with zero attached hydrogens (tertiary/aromatic N) is 1. The Morgan fingerprint density at radius 2 is 1.70 bits per heavy atom. The van der Waals surface area contributed by atoms with Crippen LogP contribution in [0, 0.1) is 11.3 Å². The molecule has 0 heterocycles. The third-order valence-corrected chi connectivity index (χ3v) is 5.22. The average molecular weight is 566 g/mol. The first-order chi connectivity index (χ1) is 18.8. The van der Waals surface area contributed by atoms with E-state index in [1.54, 1.807) is 0 Å². The second-order valence-electron chi connectivity index (χ2n) is 8.20. The molecule has 0 aliphatic heterocycles. The summed E-state index contributed by atoms with van der Waals surface area (Å²) < 4.78 is 59.2. The minimum atomic E-state index is -4.55. The van der Waals surface area contributed by atoms with E-state index in [2.05, 4.69) is 10.1 Å². The molecule has 0 saturated carbocycles. The molecule has 214 valence electrons. The number of alkyl halides is 3. The van der Waals surface area contributed by atoms with Crippen LogP contribution in [-0.2, 0) is 30.3 Å². The summed E-state index contributed by atoms with van der Waals surface area (Å²) in [6.45, 7) is 1.39. The van der Waals surface area contributed by atoms with Crippen molar-refractivity contribution in [3.05, 3.63) is 47.0 Å². The number of ether oxygens (including phenoxy) is 4. The van der Waals surface area contributed by atoms with Gasteiger partial charge in [-0.2, -0.15) is 18.4 Å². The SMILES string of the molecule is COC(=O)C(=O)Nc1cccc(OCC(COc2ccc(C(C)=O)c(O)c2CCC(F)(F)F)OC(C)=O)c1C#N. The predicted molar refractivity (Wildman–Crippen MR) is 131 cm³/mol. The van der Waals surface area contributed by atoms with Crippen molar-refractivity contribution >= 4 is 29.3 Å². The molecule has 0 spiro atoms. The van der Waals surface area contributed by atoms with Crippen LogP contribution in [0.1, 0.15) is 41.8 Å². The highest BCUT2D eigenvalue weighted by Crippen LogP contribution is 2.35. The number of hydrogen-bond donors (Lipinski definition) is 2. The quantitative estimate of drug-likeness (QED) is 0.234. The van der Waals surface area contributed by atoms with Gasteiger partial charge in [-0.15, -0.1) is 0 Å². The number of rotatable bonds is 11. The molecule has 0 aromatic heterocycles. The average Bonchev–Trinajstić information content (AvgIpc) is 2.88. The highest BCUT2D eigenvalue weighted by Gasteiger charge is 2.29. The Labute approximate surface area is 226 Å². The molecule has 0 saturated heterocycles. The summed E-state index contributed by atoms with van der Waals surface area (Å²) in [6.07, 6.45) is -7.68. The molecule has 0 aliphatic rings. The fourth-order valence-electron chi connectivity index (χ4n) is 3.40. The summed E-state index contributed by atoms with van der Waals surface area (Å²) in [5.74, 6) is -4.53. The van der Waals surface area contributed by atoms with E-state index in [-0.39, 0.29) is 33.9 Å². The van der Waals surface area contributed by atoms with Crippen molar-refractivity contribution in [2.45, 2.75) is 39.0 Å². The molecule has 0 aliphatic carbocycles. The molecule has 2 N–H and O–H groups in total. The van der Waals surface area contributed by atoms with E-state index in [4.69, 9.17) is 14.2 Å². The summed E-state index contributed by atoms with van der Waals surface area (Å²) in [5.41, 5.74) is -0.673. The van der Waals surface area contributed by atoms with E-state index in [1.165, 1.54) is 30.3 Å².